The Bertz CT molecular complexity index is 1010. The van der Waals surface area contributed by atoms with E-state index < -0.39 is 0 Å². The molecule has 1 saturated heterocycles. The van der Waals surface area contributed by atoms with E-state index >= 15 is 0 Å². The molecule has 1 atom stereocenters. The van der Waals surface area contributed by atoms with E-state index in [9.17, 15) is 4.79 Å². The van der Waals surface area contributed by atoms with Crippen molar-refractivity contribution in [1.29, 1.82) is 0 Å². The highest BCUT2D eigenvalue weighted by atomic mass is 32.1. The van der Waals surface area contributed by atoms with Gasteiger partial charge in [0.25, 0.3) is 5.91 Å². The number of thiazole rings is 1. The Morgan fingerprint density at radius 3 is 2.90 bits per heavy atom. The third kappa shape index (κ3) is 5.73. The Morgan fingerprint density at radius 2 is 2.19 bits per heavy atom. The summed E-state index contributed by atoms with van der Waals surface area (Å²) < 4.78 is 11.8. The van der Waals surface area contributed by atoms with Crippen LogP contribution < -0.4 is 4.74 Å². The Balaban J connectivity index is 1.43. The van der Waals surface area contributed by atoms with Crippen molar-refractivity contribution in [2.75, 3.05) is 19.8 Å². The van der Waals surface area contributed by atoms with E-state index in [1.54, 1.807) is 11.3 Å². The summed E-state index contributed by atoms with van der Waals surface area (Å²) in [5, 5.41) is 1.98. The minimum atomic E-state index is 0.0787. The molecular formula is C24H28N2O3S2. The fourth-order valence-corrected chi connectivity index (χ4v) is 5.43. The lowest BCUT2D eigenvalue weighted by Crippen LogP contribution is -2.36. The predicted octanol–water partition coefficient (Wildman–Crippen LogP) is 5.26. The van der Waals surface area contributed by atoms with Gasteiger partial charge < -0.3 is 14.4 Å². The van der Waals surface area contributed by atoms with E-state index in [0.29, 0.717) is 19.7 Å². The number of amides is 1. The van der Waals surface area contributed by atoms with Gasteiger partial charge in [0.2, 0.25) is 0 Å². The summed E-state index contributed by atoms with van der Waals surface area (Å²) in [7, 11) is 0. The molecule has 31 heavy (non-hydrogen) atoms. The van der Waals surface area contributed by atoms with E-state index in [-0.39, 0.29) is 12.0 Å². The van der Waals surface area contributed by atoms with Gasteiger partial charge >= 0.3 is 0 Å². The summed E-state index contributed by atoms with van der Waals surface area (Å²) in [4.78, 5) is 21.6. The first-order valence-electron chi connectivity index (χ1n) is 10.7. The fraction of sp³-hybridized carbons (Fsp3) is 0.417. The van der Waals surface area contributed by atoms with Gasteiger partial charge in [0.1, 0.15) is 5.75 Å². The average Bonchev–Trinajstić information content (AvgIpc) is 3.51. The van der Waals surface area contributed by atoms with Crippen LogP contribution in [0.3, 0.4) is 0 Å². The first-order valence-corrected chi connectivity index (χ1v) is 12.4. The molecular weight excluding hydrogens is 428 g/mol. The molecule has 1 amide bonds. The zero-order chi connectivity index (χ0) is 21.6. The monoisotopic (exact) mass is 456 g/mol. The number of carbonyl (C=O) groups is 1. The average molecular weight is 457 g/mol. The number of nitrogens with zero attached hydrogens (tertiary/aromatic N) is 2. The first kappa shape index (κ1) is 22.0. The molecule has 0 N–H and O–H groups in total. The molecule has 164 valence electrons. The summed E-state index contributed by atoms with van der Waals surface area (Å²) in [6.45, 7) is 6.58. The third-order valence-electron chi connectivity index (χ3n) is 5.51. The van der Waals surface area contributed by atoms with Crippen molar-refractivity contribution in [3.05, 3.63) is 67.8 Å². The highest BCUT2D eigenvalue weighted by Gasteiger charge is 2.25. The highest BCUT2D eigenvalue weighted by molar-refractivity contribution is 7.12. The van der Waals surface area contributed by atoms with Gasteiger partial charge in [-0.25, -0.2) is 4.98 Å². The van der Waals surface area contributed by atoms with Crippen molar-refractivity contribution < 1.29 is 14.3 Å². The lowest BCUT2D eigenvalue weighted by Gasteiger charge is -2.25. The largest absolute Gasteiger partial charge is 0.493 e. The molecule has 4 rings (SSSR count). The van der Waals surface area contributed by atoms with Gasteiger partial charge in [-0.15, -0.1) is 22.7 Å². The molecule has 3 aromatic rings. The molecule has 0 spiro atoms. The zero-order valence-corrected chi connectivity index (χ0v) is 19.6. The summed E-state index contributed by atoms with van der Waals surface area (Å²) in [5.41, 5.74) is 5.05. The number of aryl methyl sites for hydroxylation is 2. The van der Waals surface area contributed by atoms with Crippen LogP contribution in [0.15, 0.2) is 41.2 Å². The molecule has 1 aromatic carbocycles. The van der Waals surface area contributed by atoms with E-state index in [1.807, 2.05) is 53.9 Å². The van der Waals surface area contributed by atoms with E-state index in [4.69, 9.17) is 9.47 Å². The molecule has 5 nitrogen and oxygen atoms in total. The molecule has 0 unspecified atom stereocenters. The van der Waals surface area contributed by atoms with E-state index in [1.165, 1.54) is 16.2 Å². The van der Waals surface area contributed by atoms with Gasteiger partial charge in [-0.2, -0.15) is 0 Å². The summed E-state index contributed by atoms with van der Waals surface area (Å²) in [6.07, 6.45) is 3.04. The number of ether oxygens (including phenoxy) is 2. The quantitative estimate of drug-likeness (QED) is 0.440. The topological polar surface area (TPSA) is 51.7 Å². The van der Waals surface area contributed by atoms with Gasteiger partial charge in [-0.3, -0.25) is 4.79 Å². The molecule has 3 heterocycles. The smallest absolute Gasteiger partial charge is 0.264 e. The van der Waals surface area contributed by atoms with Gasteiger partial charge in [0.15, 0.2) is 0 Å². The van der Waals surface area contributed by atoms with Crippen molar-refractivity contribution in [3.8, 4) is 5.75 Å². The summed E-state index contributed by atoms with van der Waals surface area (Å²) in [5.74, 6) is 0.909. The summed E-state index contributed by atoms with van der Waals surface area (Å²) >= 11 is 3.18. The fourth-order valence-electron chi connectivity index (χ4n) is 3.77. The first-order chi connectivity index (χ1) is 15.1. The molecule has 1 aliphatic rings. The molecule has 1 fully saturated rings. The Labute approximate surface area is 191 Å². The molecule has 2 aromatic heterocycles. The molecule has 0 saturated carbocycles. The van der Waals surface area contributed by atoms with Crippen LogP contribution in [0.2, 0.25) is 0 Å². The van der Waals surface area contributed by atoms with Crippen molar-refractivity contribution in [2.24, 2.45) is 0 Å². The lowest BCUT2D eigenvalue weighted by atomic mass is 10.1. The van der Waals surface area contributed by atoms with Gasteiger partial charge in [0, 0.05) is 31.0 Å². The SMILES string of the molecule is Cc1ccsc1C(=O)N(Cc1cccc(OCCc2scnc2C)c1)C[C@H]1CCCO1. The number of benzene rings is 1. The molecule has 0 radical (unpaired) electrons. The molecule has 7 heteroatoms. The van der Waals surface area contributed by atoms with Crippen LogP contribution >= 0.6 is 22.7 Å². The standard InChI is InChI=1S/C24H28N2O3S2/c1-17-9-12-30-23(17)24(27)26(15-21-7-4-10-28-21)14-19-5-3-6-20(13-19)29-11-8-22-18(2)25-16-31-22/h3,5-6,9,12-13,16,21H,4,7-8,10-11,14-15H2,1-2H3/t21-/m1/s1. The van der Waals surface area contributed by atoms with Crippen LogP contribution in [0.25, 0.3) is 0 Å². The zero-order valence-electron chi connectivity index (χ0n) is 18.0. The highest BCUT2D eigenvalue weighted by Crippen LogP contribution is 2.23. The minimum Gasteiger partial charge on any atom is -0.493 e. The van der Waals surface area contributed by atoms with Crippen molar-refractivity contribution in [3.63, 3.8) is 0 Å². The van der Waals surface area contributed by atoms with Crippen LogP contribution in [-0.2, 0) is 17.7 Å². The molecule has 0 bridgehead atoms. The predicted molar refractivity (Wildman–Crippen MR) is 125 cm³/mol. The Morgan fingerprint density at radius 1 is 1.29 bits per heavy atom. The second kappa shape index (κ2) is 10.4. The van der Waals surface area contributed by atoms with Crippen LogP contribution in [0.5, 0.6) is 5.75 Å². The maximum atomic E-state index is 13.3. The number of rotatable bonds is 9. The van der Waals surface area contributed by atoms with Crippen LogP contribution in [0.1, 0.15) is 44.2 Å². The lowest BCUT2D eigenvalue weighted by molar-refractivity contribution is 0.0510. The number of thiophene rings is 1. The second-order valence-electron chi connectivity index (χ2n) is 7.86. The van der Waals surface area contributed by atoms with Crippen LogP contribution in [0.4, 0.5) is 0 Å². The number of carbonyl (C=O) groups excluding carboxylic acids is 1. The van der Waals surface area contributed by atoms with Crippen molar-refractivity contribution in [2.45, 2.75) is 45.8 Å². The number of hydrogen-bond acceptors (Lipinski definition) is 6. The van der Waals surface area contributed by atoms with Gasteiger partial charge in [-0.05, 0) is 61.4 Å². The Hall–Kier alpha value is -2.22. The van der Waals surface area contributed by atoms with Crippen LogP contribution in [0, 0.1) is 13.8 Å². The molecule has 0 aliphatic carbocycles. The van der Waals surface area contributed by atoms with Crippen molar-refractivity contribution >= 4 is 28.6 Å². The third-order valence-corrected chi connectivity index (χ3v) is 7.51. The van der Waals surface area contributed by atoms with E-state index in [2.05, 4.69) is 11.1 Å². The van der Waals surface area contributed by atoms with Crippen molar-refractivity contribution in [1.82, 2.24) is 9.88 Å². The van der Waals surface area contributed by atoms with Gasteiger partial charge in [0.05, 0.1) is 28.8 Å². The summed E-state index contributed by atoms with van der Waals surface area (Å²) in [6, 6.07) is 10.1. The maximum Gasteiger partial charge on any atom is 0.264 e. The molecule has 1 aliphatic heterocycles. The Kier molecular flexibility index (Phi) is 7.37. The van der Waals surface area contributed by atoms with E-state index in [0.717, 1.165) is 53.3 Å². The number of hydrogen-bond donors (Lipinski definition) is 0. The normalized spacial score (nSPS) is 15.9. The second-order valence-corrected chi connectivity index (χ2v) is 9.72. The minimum absolute atomic E-state index is 0.0787. The maximum absolute atomic E-state index is 13.3. The van der Waals surface area contributed by atoms with Crippen LogP contribution in [-0.4, -0.2) is 41.7 Å². The number of aromatic nitrogens is 1. The van der Waals surface area contributed by atoms with Gasteiger partial charge in [-0.1, -0.05) is 12.1 Å².